The van der Waals surface area contributed by atoms with E-state index in [0.29, 0.717) is 22.6 Å². The van der Waals surface area contributed by atoms with Crippen LogP contribution in [0, 0.1) is 13.8 Å². The minimum atomic E-state index is -0.235. The molecule has 1 fully saturated rings. The minimum absolute atomic E-state index is 0.0989. The maximum Gasteiger partial charge on any atom is 0.248 e. The smallest absolute Gasteiger partial charge is 0.248 e. The molecule has 3 N–H and O–H groups in total. The Kier molecular flexibility index (Phi) is 7.80. The molecule has 1 aliphatic rings. The highest BCUT2D eigenvalue weighted by Gasteiger charge is 2.23. The van der Waals surface area contributed by atoms with Crippen molar-refractivity contribution in [1.29, 1.82) is 0 Å². The second-order valence-electron chi connectivity index (χ2n) is 8.16. The molecular formula is C22H28N8O2S2. The Balaban J connectivity index is 1.35. The van der Waals surface area contributed by atoms with Crippen LogP contribution in [0.25, 0.3) is 11.5 Å². The maximum absolute atomic E-state index is 12.5. The average Bonchev–Trinajstić information content (AvgIpc) is 3.56. The topological polar surface area (TPSA) is 111 Å². The van der Waals surface area contributed by atoms with E-state index in [2.05, 4.69) is 31.5 Å². The summed E-state index contributed by atoms with van der Waals surface area (Å²) in [7, 11) is 1.86. The first kappa shape index (κ1) is 24.2. The lowest BCUT2D eigenvalue weighted by molar-refractivity contribution is -0.119. The third-order valence-electron chi connectivity index (χ3n) is 5.36. The van der Waals surface area contributed by atoms with Crippen molar-refractivity contribution in [2.75, 3.05) is 17.7 Å². The highest BCUT2D eigenvalue weighted by atomic mass is 32.2. The summed E-state index contributed by atoms with van der Waals surface area (Å²) in [6.07, 6.45) is 3.99. The number of nitrogens with one attached hydrogen (secondary N) is 3. The molecule has 12 heteroatoms. The molecule has 1 aromatic carbocycles. The van der Waals surface area contributed by atoms with Gasteiger partial charge in [0, 0.05) is 25.5 Å². The van der Waals surface area contributed by atoms with Crippen LogP contribution in [-0.2, 0) is 23.1 Å². The zero-order valence-corrected chi connectivity index (χ0v) is 21.0. The molecule has 1 amide bonds. The zero-order chi connectivity index (χ0) is 24.1. The van der Waals surface area contributed by atoms with E-state index in [1.807, 2.05) is 55.9 Å². The fourth-order valence-corrected chi connectivity index (χ4v) is 4.50. The first-order valence-corrected chi connectivity index (χ1v) is 12.4. The Morgan fingerprint density at radius 3 is 2.85 bits per heavy atom. The summed E-state index contributed by atoms with van der Waals surface area (Å²) in [6.45, 7) is 5.38. The number of amides is 1. The number of rotatable bonds is 7. The summed E-state index contributed by atoms with van der Waals surface area (Å²) in [5.41, 5.74) is 9.19. The van der Waals surface area contributed by atoms with Crippen LogP contribution < -0.4 is 16.2 Å². The second-order valence-corrected chi connectivity index (χ2v) is 9.51. The Morgan fingerprint density at radius 1 is 1.26 bits per heavy atom. The lowest BCUT2D eigenvalue weighted by Gasteiger charge is -2.15. The molecule has 180 valence electrons. The van der Waals surface area contributed by atoms with E-state index in [-0.39, 0.29) is 17.8 Å². The number of carbonyl (C=O) groups is 1. The van der Waals surface area contributed by atoms with Crippen molar-refractivity contribution >= 4 is 40.7 Å². The van der Waals surface area contributed by atoms with E-state index in [1.165, 1.54) is 11.8 Å². The predicted octanol–water partition coefficient (Wildman–Crippen LogP) is 2.58. The number of benzene rings is 1. The van der Waals surface area contributed by atoms with Gasteiger partial charge in [-0.2, -0.15) is 5.10 Å². The molecule has 10 nitrogen and oxygen atoms in total. The van der Waals surface area contributed by atoms with Gasteiger partial charge in [0.1, 0.15) is 5.69 Å². The average molecular weight is 501 g/mol. The Labute approximate surface area is 207 Å². The maximum atomic E-state index is 12.5. The van der Waals surface area contributed by atoms with Crippen molar-refractivity contribution in [1.82, 2.24) is 35.4 Å². The number of hydrazine groups is 1. The molecule has 3 heterocycles. The van der Waals surface area contributed by atoms with Crippen molar-refractivity contribution in [2.24, 2.45) is 7.05 Å². The van der Waals surface area contributed by atoms with Gasteiger partial charge in [0.25, 0.3) is 0 Å². The van der Waals surface area contributed by atoms with Crippen molar-refractivity contribution in [2.45, 2.75) is 44.5 Å². The van der Waals surface area contributed by atoms with Gasteiger partial charge in [-0.3, -0.25) is 24.9 Å². The number of hydrogen-bond donors (Lipinski definition) is 3. The van der Waals surface area contributed by atoms with Gasteiger partial charge >= 0.3 is 0 Å². The largest absolute Gasteiger partial charge is 0.376 e. The number of thioether (sulfide) groups is 1. The lowest BCUT2D eigenvalue weighted by atomic mass is 10.1. The van der Waals surface area contributed by atoms with E-state index >= 15 is 0 Å². The summed E-state index contributed by atoms with van der Waals surface area (Å²) in [5.74, 6) is 0.572. The summed E-state index contributed by atoms with van der Waals surface area (Å²) in [5, 5.41) is 17.2. The molecule has 0 unspecified atom stereocenters. The molecule has 2 aromatic heterocycles. The van der Waals surface area contributed by atoms with E-state index in [4.69, 9.17) is 17.0 Å². The van der Waals surface area contributed by atoms with E-state index in [9.17, 15) is 4.79 Å². The van der Waals surface area contributed by atoms with Gasteiger partial charge in [-0.25, -0.2) is 0 Å². The molecular weight excluding hydrogens is 472 g/mol. The van der Waals surface area contributed by atoms with Gasteiger partial charge in [0.15, 0.2) is 16.1 Å². The quantitative estimate of drug-likeness (QED) is 0.256. The van der Waals surface area contributed by atoms with Crippen LogP contribution in [0.4, 0.5) is 5.69 Å². The molecule has 0 spiro atoms. The zero-order valence-electron chi connectivity index (χ0n) is 19.4. The monoisotopic (exact) mass is 500 g/mol. The third kappa shape index (κ3) is 6.13. The Hall–Kier alpha value is -2.96. The molecule has 3 aromatic rings. The van der Waals surface area contributed by atoms with Crippen molar-refractivity contribution in [3.8, 4) is 11.5 Å². The van der Waals surface area contributed by atoms with Crippen molar-refractivity contribution in [3.63, 3.8) is 0 Å². The number of anilines is 1. The molecule has 34 heavy (non-hydrogen) atoms. The standard InChI is InChI=1S/C22H28N8O2S2/c1-14-6-7-15(2)18(11-14)23-21(33)26-24-19(31)13-34-22-27-25-20(17-8-9-29(3)28-17)30(22)12-16-5-4-10-32-16/h6-9,11,16H,4-5,10,12-13H2,1-3H3,(H,24,31)(H2,23,26,33)/t16-/m0/s1. The number of thiocarbonyl (C=S) groups is 1. The first-order chi connectivity index (χ1) is 16.4. The van der Waals surface area contributed by atoms with Gasteiger partial charge in [0.05, 0.1) is 18.4 Å². The number of ether oxygens (including phenoxy) is 1. The van der Waals surface area contributed by atoms with Crippen molar-refractivity contribution < 1.29 is 9.53 Å². The molecule has 0 radical (unpaired) electrons. The number of nitrogens with zero attached hydrogens (tertiary/aromatic N) is 5. The van der Waals surface area contributed by atoms with E-state index in [1.54, 1.807) is 4.68 Å². The van der Waals surface area contributed by atoms with Gasteiger partial charge in [-0.15, -0.1) is 10.2 Å². The summed E-state index contributed by atoms with van der Waals surface area (Å²) in [6, 6.07) is 7.94. The van der Waals surface area contributed by atoms with Crippen LogP contribution >= 0.6 is 24.0 Å². The molecule has 0 bridgehead atoms. The number of carbonyl (C=O) groups excluding carboxylic acids is 1. The molecule has 1 aliphatic heterocycles. The SMILES string of the molecule is Cc1ccc(C)c(NC(=S)NNC(=O)CSc2nnc(-c3ccn(C)n3)n2C[C@@H]2CCCO2)c1. The Morgan fingerprint density at radius 2 is 2.12 bits per heavy atom. The predicted molar refractivity (Wildman–Crippen MR) is 135 cm³/mol. The number of aryl methyl sites for hydroxylation is 3. The molecule has 1 saturated heterocycles. The van der Waals surface area contributed by atoms with Crippen LogP contribution in [0.2, 0.25) is 0 Å². The first-order valence-electron chi connectivity index (χ1n) is 11.0. The van der Waals surface area contributed by atoms with Crippen LogP contribution in [0.1, 0.15) is 24.0 Å². The fraction of sp³-hybridized carbons (Fsp3) is 0.409. The van der Waals surface area contributed by atoms with Crippen LogP contribution in [0.15, 0.2) is 35.6 Å². The fourth-order valence-electron chi connectivity index (χ4n) is 3.59. The Bertz CT molecular complexity index is 1170. The normalized spacial score (nSPS) is 15.3. The van der Waals surface area contributed by atoms with Gasteiger partial charge in [0.2, 0.25) is 5.91 Å². The summed E-state index contributed by atoms with van der Waals surface area (Å²) in [4.78, 5) is 12.5. The molecule has 0 aliphatic carbocycles. The lowest BCUT2D eigenvalue weighted by Crippen LogP contribution is -2.44. The highest BCUT2D eigenvalue weighted by Crippen LogP contribution is 2.25. The molecule has 0 saturated carbocycles. The van der Waals surface area contributed by atoms with Crippen LogP contribution in [-0.4, -0.2) is 54.0 Å². The number of aromatic nitrogens is 5. The molecule has 4 rings (SSSR count). The summed E-state index contributed by atoms with van der Waals surface area (Å²) >= 11 is 6.61. The van der Waals surface area contributed by atoms with Crippen LogP contribution in [0.3, 0.4) is 0 Å². The van der Waals surface area contributed by atoms with Gasteiger partial charge in [-0.1, -0.05) is 23.9 Å². The van der Waals surface area contributed by atoms with E-state index < -0.39 is 0 Å². The van der Waals surface area contributed by atoms with E-state index in [0.717, 1.165) is 42.0 Å². The van der Waals surface area contributed by atoms with Crippen LogP contribution in [0.5, 0.6) is 0 Å². The molecule has 1 atom stereocenters. The summed E-state index contributed by atoms with van der Waals surface area (Å²) < 4.78 is 9.52. The highest BCUT2D eigenvalue weighted by molar-refractivity contribution is 7.99. The third-order valence-corrected chi connectivity index (χ3v) is 6.53. The van der Waals surface area contributed by atoms with Crippen molar-refractivity contribution in [3.05, 3.63) is 41.6 Å². The number of hydrogen-bond acceptors (Lipinski definition) is 7. The second kappa shape index (κ2) is 11.0. The van der Waals surface area contributed by atoms with Gasteiger partial charge < -0.3 is 10.1 Å². The minimum Gasteiger partial charge on any atom is -0.376 e. The van der Waals surface area contributed by atoms with Gasteiger partial charge in [-0.05, 0) is 62.2 Å².